The van der Waals surface area contributed by atoms with Crippen molar-refractivity contribution in [3.63, 3.8) is 0 Å². The summed E-state index contributed by atoms with van der Waals surface area (Å²) in [6, 6.07) is 0. The smallest absolute Gasteiger partial charge is 0.284 e. The van der Waals surface area contributed by atoms with Crippen molar-refractivity contribution in [3.8, 4) is 0 Å². The molecule has 3 unspecified atom stereocenters. The van der Waals surface area contributed by atoms with Crippen molar-refractivity contribution in [3.05, 3.63) is 0 Å². The van der Waals surface area contributed by atoms with Gasteiger partial charge in [-0.15, -0.1) is 0 Å². The number of hydrogen-bond donors (Lipinski definition) is 1. The molecule has 104 valence electrons. The molecule has 1 N–H and O–H groups in total. The second-order valence-corrected chi connectivity index (χ2v) is 5.61. The number of hydrogen-bond acceptors (Lipinski definition) is 2. The van der Waals surface area contributed by atoms with Crippen molar-refractivity contribution >= 4 is 11.4 Å². The van der Waals surface area contributed by atoms with Crippen molar-refractivity contribution in [1.29, 1.82) is 0 Å². The summed E-state index contributed by atoms with van der Waals surface area (Å²) in [6.45, 7) is 7.07. The topological polar surface area (TPSA) is 46.5 Å². The Labute approximate surface area is 109 Å². The molecular formula is C13H28O3S. The van der Waals surface area contributed by atoms with Crippen LogP contribution in [0, 0.1) is 11.8 Å². The second-order valence-electron chi connectivity index (χ2n) is 4.94. The number of rotatable bonds is 11. The zero-order valence-corrected chi connectivity index (χ0v) is 12.3. The normalized spacial score (nSPS) is 16.7. The monoisotopic (exact) mass is 264 g/mol. The standard InChI is InChI=1S/C13H28O3S/c1-4-6-7-8-13(5-2)11-12(3)9-10-16-17(14)15/h12-13H,4-11H2,1-3H3,(H,14,15). The first-order valence-electron chi connectivity index (χ1n) is 6.84. The maximum Gasteiger partial charge on any atom is 0.301 e. The molecule has 0 radical (unpaired) electrons. The van der Waals surface area contributed by atoms with E-state index in [0.29, 0.717) is 12.5 Å². The molecule has 0 saturated heterocycles. The SMILES string of the molecule is CCCCCC(CC)CC(C)CCOS(=O)O. The molecule has 0 fully saturated rings. The summed E-state index contributed by atoms with van der Waals surface area (Å²) >= 11 is -2.10. The van der Waals surface area contributed by atoms with Gasteiger partial charge in [-0.1, -0.05) is 52.9 Å². The van der Waals surface area contributed by atoms with Crippen LogP contribution in [-0.2, 0) is 15.5 Å². The van der Waals surface area contributed by atoms with Gasteiger partial charge < -0.3 is 0 Å². The third-order valence-electron chi connectivity index (χ3n) is 3.32. The van der Waals surface area contributed by atoms with Crippen LogP contribution in [-0.4, -0.2) is 15.4 Å². The molecule has 0 rings (SSSR count). The summed E-state index contributed by atoms with van der Waals surface area (Å²) in [5, 5.41) is 0. The van der Waals surface area contributed by atoms with Crippen LogP contribution < -0.4 is 0 Å². The van der Waals surface area contributed by atoms with Gasteiger partial charge in [0, 0.05) is 0 Å². The van der Waals surface area contributed by atoms with Crippen LogP contribution in [0.1, 0.15) is 65.7 Å². The Morgan fingerprint density at radius 1 is 1.24 bits per heavy atom. The molecule has 0 aromatic rings. The van der Waals surface area contributed by atoms with Crippen molar-refractivity contribution in [2.24, 2.45) is 11.8 Å². The first-order chi connectivity index (χ1) is 8.10. The van der Waals surface area contributed by atoms with Gasteiger partial charge in [0.1, 0.15) is 0 Å². The third-order valence-corrected chi connectivity index (χ3v) is 3.69. The van der Waals surface area contributed by atoms with Crippen LogP contribution in [0.15, 0.2) is 0 Å². The molecule has 0 amide bonds. The van der Waals surface area contributed by atoms with Crippen LogP contribution in [0.2, 0.25) is 0 Å². The minimum atomic E-state index is -2.10. The van der Waals surface area contributed by atoms with E-state index in [-0.39, 0.29) is 0 Å². The van der Waals surface area contributed by atoms with E-state index in [1.807, 2.05) is 0 Å². The Bertz CT molecular complexity index is 197. The Morgan fingerprint density at radius 3 is 2.47 bits per heavy atom. The Kier molecular flexibility index (Phi) is 11.2. The van der Waals surface area contributed by atoms with E-state index in [9.17, 15) is 4.21 Å². The molecular weight excluding hydrogens is 236 g/mol. The average Bonchev–Trinajstić information content (AvgIpc) is 2.27. The van der Waals surface area contributed by atoms with Gasteiger partial charge in [0.15, 0.2) is 0 Å². The second kappa shape index (κ2) is 11.2. The Balaban J connectivity index is 3.65. The van der Waals surface area contributed by atoms with Crippen LogP contribution >= 0.6 is 0 Å². The maximum atomic E-state index is 10.3. The predicted molar refractivity (Wildman–Crippen MR) is 73.0 cm³/mol. The summed E-state index contributed by atoms with van der Waals surface area (Å²) in [5.41, 5.74) is 0. The number of unbranched alkanes of at least 4 members (excludes halogenated alkanes) is 2. The highest BCUT2D eigenvalue weighted by atomic mass is 32.2. The summed E-state index contributed by atoms with van der Waals surface area (Å²) in [5.74, 6) is 1.38. The summed E-state index contributed by atoms with van der Waals surface area (Å²) in [4.78, 5) is 0. The lowest BCUT2D eigenvalue weighted by Gasteiger charge is -2.19. The van der Waals surface area contributed by atoms with Gasteiger partial charge in [0.05, 0.1) is 6.61 Å². The van der Waals surface area contributed by atoms with Gasteiger partial charge in [-0.2, -0.15) is 4.21 Å². The molecule has 0 aromatic carbocycles. The summed E-state index contributed by atoms with van der Waals surface area (Å²) in [7, 11) is 0. The minimum absolute atomic E-state index is 0.385. The molecule has 0 aliphatic carbocycles. The fourth-order valence-corrected chi connectivity index (χ4v) is 2.42. The molecule has 0 bridgehead atoms. The van der Waals surface area contributed by atoms with Gasteiger partial charge in [0.2, 0.25) is 0 Å². The van der Waals surface area contributed by atoms with E-state index in [1.165, 1.54) is 38.5 Å². The molecule has 0 aliphatic heterocycles. The maximum absolute atomic E-state index is 10.3. The molecule has 3 atom stereocenters. The van der Waals surface area contributed by atoms with E-state index in [0.717, 1.165) is 12.3 Å². The van der Waals surface area contributed by atoms with E-state index in [4.69, 9.17) is 4.55 Å². The highest BCUT2D eigenvalue weighted by Gasteiger charge is 2.11. The molecule has 0 aromatic heterocycles. The van der Waals surface area contributed by atoms with Gasteiger partial charge >= 0.3 is 11.4 Å². The molecule has 17 heavy (non-hydrogen) atoms. The van der Waals surface area contributed by atoms with Gasteiger partial charge in [-0.05, 0) is 24.7 Å². The lowest BCUT2D eigenvalue weighted by Crippen LogP contribution is -2.09. The Morgan fingerprint density at radius 2 is 1.94 bits per heavy atom. The fourth-order valence-electron chi connectivity index (χ4n) is 2.18. The lowest BCUT2D eigenvalue weighted by atomic mass is 9.88. The fraction of sp³-hybridized carbons (Fsp3) is 1.00. The predicted octanol–water partition coefficient (Wildman–Crippen LogP) is 4.16. The first kappa shape index (κ1) is 17.1. The van der Waals surface area contributed by atoms with Crippen molar-refractivity contribution in [2.45, 2.75) is 65.7 Å². The van der Waals surface area contributed by atoms with E-state index in [1.54, 1.807) is 0 Å². The molecule has 0 spiro atoms. The van der Waals surface area contributed by atoms with Crippen LogP contribution in [0.3, 0.4) is 0 Å². The third kappa shape index (κ3) is 10.9. The first-order valence-corrected chi connectivity index (χ1v) is 7.87. The molecule has 4 heteroatoms. The Hall–Kier alpha value is 0.0700. The molecule has 0 heterocycles. The zero-order valence-electron chi connectivity index (χ0n) is 11.5. The molecule has 0 aliphatic rings. The van der Waals surface area contributed by atoms with Crippen LogP contribution in [0.5, 0.6) is 0 Å². The van der Waals surface area contributed by atoms with Gasteiger partial charge in [-0.3, -0.25) is 8.74 Å². The van der Waals surface area contributed by atoms with E-state index >= 15 is 0 Å². The van der Waals surface area contributed by atoms with Crippen molar-refractivity contribution in [2.75, 3.05) is 6.61 Å². The quantitative estimate of drug-likeness (QED) is 0.450. The minimum Gasteiger partial charge on any atom is -0.284 e. The van der Waals surface area contributed by atoms with E-state index < -0.39 is 11.4 Å². The highest BCUT2D eigenvalue weighted by molar-refractivity contribution is 7.74. The molecule has 3 nitrogen and oxygen atoms in total. The van der Waals surface area contributed by atoms with Gasteiger partial charge in [-0.25, -0.2) is 0 Å². The summed E-state index contributed by atoms with van der Waals surface area (Å²) < 4.78 is 23.5. The van der Waals surface area contributed by atoms with E-state index in [2.05, 4.69) is 25.0 Å². The average molecular weight is 264 g/mol. The lowest BCUT2D eigenvalue weighted by molar-refractivity contribution is 0.256. The van der Waals surface area contributed by atoms with Crippen molar-refractivity contribution in [1.82, 2.24) is 0 Å². The summed E-state index contributed by atoms with van der Waals surface area (Å²) in [6.07, 6.45) is 8.58. The van der Waals surface area contributed by atoms with Crippen LogP contribution in [0.4, 0.5) is 0 Å². The zero-order chi connectivity index (χ0) is 13.1. The highest BCUT2D eigenvalue weighted by Crippen LogP contribution is 2.23. The molecule has 0 saturated carbocycles. The van der Waals surface area contributed by atoms with Crippen LogP contribution in [0.25, 0.3) is 0 Å². The van der Waals surface area contributed by atoms with Crippen molar-refractivity contribution < 1.29 is 12.9 Å². The van der Waals surface area contributed by atoms with Gasteiger partial charge in [0.25, 0.3) is 0 Å². The largest absolute Gasteiger partial charge is 0.301 e.